The van der Waals surface area contributed by atoms with Crippen molar-refractivity contribution < 1.29 is 13.2 Å². The fourth-order valence-corrected chi connectivity index (χ4v) is 4.03. The quantitative estimate of drug-likeness (QED) is 0.520. The van der Waals surface area contributed by atoms with Gasteiger partial charge in [0.2, 0.25) is 0 Å². The van der Waals surface area contributed by atoms with Gasteiger partial charge in [-0.2, -0.15) is 13.2 Å². The number of halogens is 3. The molecule has 0 amide bonds. The second-order valence-electron chi connectivity index (χ2n) is 7.85. The third-order valence-corrected chi connectivity index (χ3v) is 5.67. The molecule has 6 nitrogen and oxygen atoms in total. The molecule has 164 valence electrons. The number of fused-ring (bicyclic) bond motifs is 1. The van der Waals surface area contributed by atoms with Crippen molar-refractivity contribution in [1.29, 1.82) is 0 Å². The first-order valence-electron chi connectivity index (χ1n) is 10.3. The monoisotopic (exact) mass is 438 g/mol. The average molecular weight is 438 g/mol. The number of piperazine rings is 1. The molecule has 0 aromatic carbocycles. The highest BCUT2D eigenvalue weighted by molar-refractivity contribution is 5.70. The maximum atomic E-state index is 13.1. The lowest BCUT2D eigenvalue weighted by atomic mass is 10.1. The smallest absolute Gasteiger partial charge is 0.354 e. The van der Waals surface area contributed by atoms with Crippen LogP contribution in [0.2, 0.25) is 0 Å². The van der Waals surface area contributed by atoms with Crippen LogP contribution >= 0.6 is 0 Å². The van der Waals surface area contributed by atoms with Gasteiger partial charge in [0.05, 0.1) is 17.5 Å². The number of pyridine rings is 3. The van der Waals surface area contributed by atoms with Crippen LogP contribution in [0.3, 0.4) is 0 Å². The molecular weight excluding hydrogens is 417 g/mol. The van der Waals surface area contributed by atoms with Crippen LogP contribution in [0.5, 0.6) is 0 Å². The number of nitrogens with one attached hydrogen (secondary N) is 1. The molecule has 0 atom stereocenters. The number of rotatable bonds is 3. The lowest BCUT2D eigenvalue weighted by molar-refractivity contribution is -0.137. The Hall–Kier alpha value is -3.46. The van der Waals surface area contributed by atoms with E-state index in [9.17, 15) is 13.2 Å². The molecule has 0 aliphatic carbocycles. The Morgan fingerprint density at radius 2 is 1.72 bits per heavy atom. The fourth-order valence-electron chi connectivity index (χ4n) is 4.03. The van der Waals surface area contributed by atoms with Gasteiger partial charge in [-0.05, 0) is 36.8 Å². The maximum absolute atomic E-state index is 13.1. The molecule has 0 unspecified atom stereocenters. The first-order chi connectivity index (χ1) is 15.4. The predicted molar refractivity (Wildman–Crippen MR) is 116 cm³/mol. The largest absolute Gasteiger partial charge is 0.417 e. The lowest BCUT2D eigenvalue weighted by Gasteiger charge is -2.29. The minimum atomic E-state index is -4.44. The predicted octanol–water partition coefficient (Wildman–Crippen LogP) is 4.20. The summed E-state index contributed by atoms with van der Waals surface area (Å²) in [6.07, 6.45) is 3.19. The van der Waals surface area contributed by atoms with Gasteiger partial charge in [-0.1, -0.05) is 0 Å². The number of hydrogen-bond donors (Lipinski definition) is 1. The molecule has 32 heavy (non-hydrogen) atoms. The number of anilines is 1. The fraction of sp³-hybridized carbons (Fsp3) is 0.261. The van der Waals surface area contributed by atoms with E-state index in [0.29, 0.717) is 16.8 Å². The summed E-state index contributed by atoms with van der Waals surface area (Å²) in [6, 6.07) is 6.72. The second-order valence-corrected chi connectivity index (χ2v) is 7.85. The van der Waals surface area contributed by atoms with Gasteiger partial charge < -0.3 is 10.2 Å². The van der Waals surface area contributed by atoms with Crippen LogP contribution in [0.15, 0.2) is 55.2 Å². The van der Waals surface area contributed by atoms with E-state index in [1.54, 1.807) is 24.5 Å². The molecule has 0 bridgehead atoms. The Morgan fingerprint density at radius 3 is 2.47 bits per heavy atom. The summed E-state index contributed by atoms with van der Waals surface area (Å²) in [5.74, 6) is 0.972. The highest BCUT2D eigenvalue weighted by atomic mass is 19.4. The molecule has 5 heterocycles. The van der Waals surface area contributed by atoms with Gasteiger partial charge in [0.1, 0.15) is 11.5 Å². The van der Waals surface area contributed by atoms with Crippen molar-refractivity contribution in [3.05, 3.63) is 66.4 Å². The van der Waals surface area contributed by atoms with Crippen molar-refractivity contribution in [2.75, 3.05) is 31.1 Å². The Balaban J connectivity index is 1.53. The normalized spacial score (nSPS) is 14.8. The second kappa shape index (κ2) is 7.90. The number of alkyl halides is 3. The summed E-state index contributed by atoms with van der Waals surface area (Å²) < 4.78 is 41.2. The summed E-state index contributed by atoms with van der Waals surface area (Å²) >= 11 is 0. The van der Waals surface area contributed by atoms with Crippen molar-refractivity contribution in [2.24, 2.45) is 0 Å². The van der Waals surface area contributed by atoms with E-state index < -0.39 is 11.7 Å². The van der Waals surface area contributed by atoms with Crippen LogP contribution in [-0.4, -0.2) is 45.5 Å². The lowest BCUT2D eigenvalue weighted by Crippen LogP contribution is -2.44. The first-order valence-corrected chi connectivity index (χ1v) is 10.3. The highest BCUT2D eigenvalue weighted by Crippen LogP contribution is 2.32. The van der Waals surface area contributed by atoms with Crippen molar-refractivity contribution >= 4 is 11.5 Å². The van der Waals surface area contributed by atoms with Gasteiger partial charge in [-0.3, -0.25) is 9.38 Å². The first kappa shape index (κ1) is 20.4. The molecule has 4 aromatic heterocycles. The van der Waals surface area contributed by atoms with E-state index >= 15 is 0 Å². The topological polar surface area (TPSA) is 58.4 Å². The standard InChI is InChI=1S/C23H21F3N6/c1-15-8-18(11-30-22(15)31-6-4-27-5-7-31)20-13-29-21-3-2-16(14-32(20)21)17-9-19(12-28-10-17)23(24,25)26/h2-3,8-14,27H,4-7H2,1H3. The zero-order chi connectivity index (χ0) is 22.3. The van der Waals surface area contributed by atoms with E-state index in [4.69, 9.17) is 4.98 Å². The zero-order valence-corrected chi connectivity index (χ0v) is 17.4. The Kier molecular flexibility index (Phi) is 5.05. The van der Waals surface area contributed by atoms with Gasteiger partial charge in [-0.15, -0.1) is 0 Å². The van der Waals surface area contributed by atoms with Crippen LogP contribution in [0.25, 0.3) is 28.0 Å². The van der Waals surface area contributed by atoms with Gasteiger partial charge in [0.25, 0.3) is 0 Å². The number of imidazole rings is 1. The molecule has 1 aliphatic heterocycles. The molecule has 1 N–H and O–H groups in total. The van der Waals surface area contributed by atoms with E-state index in [0.717, 1.165) is 61.1 Å². The van der Waals surface area contributed by atoms with Gasteiger partial charge >= 0.3 is 6.18 Å². The third kappa shape index (κ3) is 3.80. The Bertz CT molecular complexity index is 1270. The van der Waals surface area contributed by atoms with Crippen molar-refractivity contribution in [1.82, 2.24) is 24.7 Å². The molecule has 5 rings (SSSR count). The summed E-state index contributed by atoms with van der Waals surface area (Å²) in [7, 11) is 0. The minimum Gasteiger partial charge on any atom is -0.354 e. The van der Waals surface area contributed by atoms with Crippen molar-refractivity contribution in [3.8, 4) is 22.4 Å². The molecule has 1 fully saturated rings. The molecule has 4 aromatic rings. The van der Waals surface area contributed by atoms with Crippen molar-refractivity contribution in [2.45, 2.75) is 13.1 Å². The van der Waals surface area contributed by atoms with Crippen LogP contribution < -0.4 is 10.2 Å². The minimum absolute atomic E-state index is 0.393. The molecule has 0 spiro atoms. The molecule has 1 aliphatic rings. The van der Waals surface area contributed by atoms with Crippen LogP contribution in [0.4, 0.5) is 19.0 Å². The zero-order valence-electron chi connectivity index (χ0n) is 17.4. The number of aromatic nitrogens is 4. The summed E-state index contributed by atoms with van der Waals surface area (Å²) in [5.41, 5.74) is 3.73. The summed E-state index contributed by atoms with van der Waals surface area (Å²) in [4.78, 5) is 15.2. The molecule has 9 heteroatoms. The van der Waals surface area contributed by atoms with Gasteiger partial charge in [0, 0.05) is 67.7 Å². The third-order valence-electron chi connectivity index (χ3n) is 5.67. The SMILES string of the molecule is Cc1cc(-c2cnc3ccc(-c4cncc(C(F)(F)F)c4)cn23)cnc1N1CCNCC1. The van der Waals surface area contributed by atoms with Crippen LogP contribution in [0, 0.1) is 6.92 Å². The molecule has 0 radical (unpaired) electrons. The van der Waals surface area contributed by atoms with E-state index in [-0.39, 0.29) is 0 Å². The molecule has 0 saturated carbocycles. The number of aryl methyl sites for hydroxylation is 1. The van der Waals surface area contributed by atoms with Gasteiger partial charge in [-0.25, -0.2) is 9.97 Å². The Morgan fingerprint density at radius 1 is 0.906 bits per heavy atom. The van der Waals surface area contributed by atoms with Crippen LogP contribution in [0.1, 0.15) is 11.1 Å². The van der Waals surface area contributed by atoms with Crippen LogP contribution in [-0.2, 0) is 6.18 Å². The average Bonchev–Trinajstić information content (AvgIpc) is 3.22. The van der Waals surface area contributed by atoms with E-state index in [1.165, 1.54) is 6.20 Å². The number of hydrogen-bond acceptors (Lipinski definition) is 5. The van der Waals surface area contributed by atoms with E-state index in [2.05, 4.69) is 26.3 Å². The number of nitrogens with zero attached hydrogens (tertiary/aromatic N) is 5. The summed E-state index contributed by atoms with van der Waals surface area (Å²) in [6.45, 7) is 5.73. The van der Waals surface area contributed by atoms with Gasteiger partial charge in [0.15, 0.2) is 0 Å². The highest BCUT2D eigenvalue weighted by Gasteiger charge is 2.31. The van der Waals surface area contributed by atoms with Crippen molar-refractivity contribution in [3.63, 3.8) is 0 Å². The summed E-state index contributed by atoms with van der Waals surface area (Å²) in [5, 5.41) is 3.34. The Labute approximate surface area is 182 Å². The molecule has 1 saturated heterocycles. The maximum Gasteiger partial charge on any atom is 0.417 e. The van der Waals surface area contributed by atoms with E-state index in [1.807, 2.05) is 17.5 Å². The molecular formula is C23H21F3N6.